The van der Waals surface area contributed by atoms with E-state index in [1.165, 1.54) is 0 Å². The first-order valence-corrected chi connectivity index (χ1v) is 6.25. The van der Waals surface area contributed by atoms with Crippen LogP contribution in [0.4, 0.5) is 0 Å². The second-order valence-corrected chi connectivity index (χ2v) is 5.85. The van der Waals surface area contributed by atoms with Gasteiger partial charge < -0.3 is 9.31 Å². The Morgan fingerprint density at radius 2 is 1.78 bits per heavy atom. The predicted octanol–water partition coefficient (Wildman–Crippen LogP) is 2.37. The number of aryl methyl sites for hydroxylation is 2. The van der Waals surface area contributed by atoms with E-state index in [0.717, 1.165) is 11.3 Å². The van der Waals surface area contributed by atoms with Gasteiger partial charge in [0.15, 0.2) is 0 Å². The van der Waals surface area contributed by atoms with Crippen molar-refractivity contribution in [3.8, 4) is 0 Å². The van der Waals surface area contributed by atoms with E-state index in [9.17, 15) is 0 Å². The molecule has 98 valence electrons. The SMILES string of the molecule is Cc1cn(C)nc1/C=C/B1OC(C)(C)C(C)(C)O1. The first kappa shape index (κ1) is 13.4. The van der Waals surface area contributed by atoms with Gasteiger partial charge in [0.25, 0.3) is 0 Å². The smallest absolute Gasteiger partial charge is 0.400 e. The Labute approximate surface area is 109 Å². The summed E-state index contributed by atoms with van der Waals surface area (Å²) >= 11 is 0. The van der Waals surface area contributed by atoms with Gasteiger partial charge in [0.1, 0.15) is 0 Å². The summed E-state index contributed by atoms with van der Waals surface area (Å²) in [6, 6.07) is 0. The molecule has 0 atom stereocenters. The molecule has 1 aromatic heterocycles. The zero-order chi connectivity index (χ0) is 13.6. The molecule has 4 nitrogen and oxygen atoms in total. The highest BCUT2D eigenvalue weighted by atomic mass is 16.7. The van der Waals surface area contributed by atoms with Crippen molar-refractivity contribution in [1.82, 2.24) is 9.78 Å². The molecule has 0 N–H and O–H groups in total. The van der Waals surface area contributed by atoms with Gasteiger partial charge in [0, 0.05) is 13.2 Å². The Morgan fingerprint density at radius 1 is 1.22 bits per heavy atom. The number of hydrogen-bond acceptors (Lipinski definition) is 3. The van der Waals surface area contributed by atoms with Crippen molar-refractivity contribution in [2.45, 2.75) is 45.8 Å². The maximum absolute atomic E-state index is 5.89. The molecule has 0 bridgehead atoms. The summed E-state index contributed by atoms with van der Waals surface area (Å²) in [5.74, 6) is 1.92. The van der Waals surface area contributed by atoms with E-state index >= 15 is 0 Å². The summed E-state index contributed by atoms with van der Waals surface area (Å²) in [6.07, 6.45) is 3.95. The molecule has 1 saturated heterocycles. The molecule has 0 spiro atoms. The highest BCUT2D eigenvalue weighted by Crippen LogP contribution is 2.36. The van der Waals surface area contributed by atoms with E-state index < -0.39 is 0 Å². The normalized spacial score (nSPS) is 22.0. The second kappa shape index (κ2) is 4.25. The molecule has 0 aromatic carbocycles. The highest BCUT2D eigenvalue weighted by molar-refractivity contribution is 6.52. The highest BCUT2D eigenvalue weighted by Gasteiger charge is 2.50. The molecular weight excluding hydrogens is 227 g/mol. The summed E-state index contributed by atoms with van der Waals surface area (Å²) in [7, 11) is 1.61. The zero-order valence-corrected chi connectivity index (χ0v) is 12.0. The predicted molar refractivity (Wildman–Crippen MR) is 73.1 cm³/mol. The average Bonchev–Trinajstić information content (AvgIpc) is 2.61. The lowest BCUT2D eigenvalue weighted by atomic mass is 9.89. The molecule has 18 heavy (non-hydrogen) atoms. The quantitative estimate of drug-likeness (QED) is 0.754. The summed E-state index contributed by atoms with van der Waals surface area (Å²) in [6.45, 7) is 10.2. The molecule has 0 aliphatic carbocycles. The standard InChI is InChI=1S/C13H21BN2O2/c1-10-9-16(6)15-11(10)7-8-14-17-12(2,3)13(4,5)18-14/h7-9H,1-6H3/b8-7+. The fourth-order valence-corrected chi connectivity index (χ4v) is 1.93. The fourth-order valence-electron chi connectivity index (χ4n) is 1.93. The average molecular weight is 248 g/mol. The third-order valence-corrected chi connectivity index (χ3v) is 3.73. The summed E-state index contributed by atoms with van der Waals surface area (Å²) in [5, 5.41) is 4.36. The van der Waals surface area contributed by atoms with E-state index in [2.05, 4.69) is 5.10 Å². The topological polar surface area (TPSA) is 36.3 Å². The Balaban J connectivity index is 2.11. The monoisotopic (exact) mass is 248 g/mol. The molecule has 0 saturated carbocycles. The van der Waals surface area contributed by atoms with Gasteiger partial charge in [-0.05, 0) is 46.3 Å². The van der Waals surface area contributed by atoms with E-state index in [1.807, 2.05) is 59.9 Å². The first-order valence-electron chi connectivity index (χ1n) is 6.25. The third kappa shape index (κ3) is 2.38. The molecule has 1 aromatic rings. The Morgan fingerprint density at radius 3 is 2.22 bits per heavy atom. The minimum absolute atomic E-state index is 0.291. The Bertz CT molecular complexity index is 461. The van der Waals surface area contributed by atoms with Gasteiger partial charge in [-0.2, -0.15) is 5.10 Å². The molecule has 0 amide bonds. The van der Waals surface area contributed by atoms with Gasteiger partial charge in [-0.3, -0.25) is 4.68 Å². The van der Waals surface area contributed by atoms with Crippen LogP contribution in [0.25, 0.3) is 6.08 Å². The molecule has 1 aliphatic heterocycles. The van der Waals surface area contributed by atoms with Gasteiger partial charge in [0.05, 0.1) is 16.9 Å². The molecule has 5 heteroatoms. The third-order valence-electron chi connectivity index (χ3n) is 3.73. The number of aromatic nitrogens is 2. The lowest BCUT2D eigenvalue weighted by Crippen LogP contribution is -2.41. The molecule has 0 radical (unpaired) electrons. The van der Waals surface area contributed by atoms with Gasteiger partial charge in [-0.25, -0.2) is 0 Å². The Hall–Kier alpha value is -1.07. The van der Waals surface area contributed by atoms with Crippen LogP contribution >= 0.6 is 0 Å². The van der Waals surface area contributed by atoms with Crippen molar-refractivity contribution in [3.05, 3.63) is 23.4 Å². The number of nitrogens with zero attached hydrogens (tertiary/aromatic N) is 2. The molecule has 1 aliphatic rings. The molecule has 2 heterocycles. The van der Waals surface area contributed by atoms with Crippen LogP contribution in [0.2, 0.25) is 0 Å². The number of hydrogen-bond donors (Lipinski definition) is 0. The van der Waals surface area contributed by atoms with Crippen LogP contribution in [-0.4, -0.2) is 28.1 Å². The summed E-state index contributed by atoms with van der Waals surface area (Å²) < 4.78 is 13.6. The van der Waals surface area contributed by atoms with Gasteiger partial charge in [-0.1, -0.05) is 5.98 Å². The maximum atomic E-state index is 5.89. The van der Waals surface area contributed by atoms with Crippen molar-refractivity contribution >= 4 is 13.2 Å². The van der Waals surface area contributed by atoms with E-state index in [4.69, 9.17) is 9.31 Å². The second-order valence-electron chi connectivity index (χ2n) is 5.85. The van der Waals surface area contributed by atoms with Crippen LogP contribution in [-0.2, 0) is 16.4 Å². The molecule has 2 rings (SSSR count). The van der Waals surface area contributed by atoms with E-state index in [1.54, 1.807) is 4.68 Å². The first-order chi connectivity index (χ1) is 8.21. The minimum Gasteiger partial charge on any atom is -0.400 e. The lowest BCUT2D eigenvalue weighted by molar-refractivity contribution is 0.00578. The minimum atomic E-state index is -0.309. The van der Waals surface area contributed by atoms with Gasteiger partial charge >= 0.3 is 7.12 Å². The molecule has 0 unspecified atom stereocenters. The number of rotatable bonds is 2. The van der Waals surface area contributed by atoms with E-state index in [-0.39, 0.29) is 18.3 Å². The van der Waals surface area contributed by atoms with Crippen LogP contribution in [0.15, 0.2) is 12.2 Å². The van der Waals surface area contributed by atoms with Gasteiger partial charge in [-0.15, -0.1) is 0 Å². The largest absolute Gasteiger partial charge is 0.487 e. The van der Waals surface area contributed by atoms with E-state index in [0.29, 0.717) is 0 Å². The fraction of sp³-hybridized carbons (Fsp3) is 0.615. The van der Waals surface area contributed by atoms with Crippen LogP contribution in [0, 0.1) is 6.92 Å². The van der Waals surface area contributed by atoms with Crippen LogP contribution in [0.5, 0.6) is 0 Å². The summed E-state index contributed by atoms with van der Waals surface area (Å²) in [5.41, 5.74) is 1.51. The van der Waals surface area contributed by atoms with Crippen LogP contribution in [0.1, 0.15) is 39.0 Å². The molecule has 1 fully saturated rings. The van der Waals surface area contributed by atoms with Crippen LogP contribution < -0.4 is 0 Å². The van der Waals surface area contributed by atoms with Crippen LogP contribution in [0.3, 0.4) is 0 Å². The lowest BCUT2D eigenvalue weighted by Gasteiger charge is -2.32. The van der Waals surface area contributed by atoms with Crippen molar-refractivity contribution in [2.75, 3.05) is 0 Å². The van der Waals surface area contributed by atoms with Crippen molar-refractivity contribution in [1.29, 1.82) is 0 Å². The van der Waals surface area contributed by atoms with Crippen molar-refractivity contribution in [3.63, 3.8) is 0 Å². The Kier molecular flexibility index (Phi) is 3.15. The van der Waals surface area contributed by atoms with Crippen molar-refractivity contribution in [2.24, 2.45) is 7.05 Å². The maximum Gasteiger partial charge on any atom is 0.487 e. The zero-order valence-electron chi connectivity index (χ0n) is 12.0. The van der Waals surface area contributed by atoms with Crippen molar-refractivity contribution < 1.29 is 9.31 Å². The summed E-state index contributed by atoms with van der Waals surface area (Å²) in [4.78, 5) is 0. The van der Waals surface area contributed by atoms with Gasteiger partial charge in [0.2, 0.25) is 0 Å². The molecular formula is C13H21BN2O2.